The Kier molecular flexibility index (Phi) is 3.51. The molecular weight excluding hydrogens is 274 g/mol. The molecule has 2 atom stereocenters. The van der Waals surface area contributed by atoms with E-state index in [9.17, 15) is 4.79 Å². The Bertz CT molecular complexity index is 604. The van der Waals surface area contributed by atoms with Gasteiger partial charge in [0.05, 0.1) is 0 Å². The predicted octanol–water partition coefficient (Wildman–Crippen LogP) is 1.61. The summed E-state index contributed by atoms with van der Waals surface area (Å²) in [6.07, 6.45) is 7.36. The van der Waals surface area contributed by atoms with Gasteiger partial charge in [-0.1, -0.05) is 30.4 Å². The summed E-state index contributed by atoms with van der Waals surface area (Å²) in [6, 6.07) is 6.79. The Morgan fingerprint density at radius 2 is 2.09 bits per heavy atom. The van der Waals surface area contributed by atoms with E-state index in [1.165, 1.54) is 16.8 Å². The molecule has 0 amide bonds. The van der Waals surface area contributed by atoms with Crippen LogP contribution in [0.1, 0.15) is 29.9 Å². The zero-order valence-electron chi connectivity index (χ0n) is 12.8. The van der Waals surface area contributed by atoms with Crippen molar-refractivity contribution < 1.29 is 4.79 Å². The van der Waals surface area contributed by atoms with Crippen molar-refractivity contribution in [2.45, 2.75) is 30.8 Å². The fraction of sp³-hybridized carbons (Fsp3) is 0.500. The number of carbonyl (C=O) groups excluding carboxylic acids is 1. The maximum Gasteiger partial charge on any atom is 0.146 e. The number of nitrogens with two attached hydrogens (primary N) is 1. The smallest absolute Gasteiger partial charge is 0.146 e. The van der Waals surface area contributed by atoms with Crippen molar-refractivity contribution >= 4 is 18.0 Å². The van der Waals surface area contributed by atoms with Gasteiger partial charge in [0.25, 0.3) is 0 Å². The van der Waals surface area contributed by atoms with E-state index < -0.39 is 0 Å². The standard InChI is InChI=1S/C18H23N3O/c19-15-6-8-20(9-7-15)10-14-11-21-16(12-22)5-4-13-2-1-3-17(14)18(13)21/h1-5,12,14-16H,6-11,19H2. The van der Waals surface area contributed by atoms with Crippen LogP contribution in [0.25, 0.3) is 6.08 Å². The number of hydrogen-bond acceptors (Lipinski definition) is 4. The molecule has 0 radical (unpaired) electrons. The number of piperidine rings is 1. The number of nitrogens with zero attached hydrogens (tertiary/aromatic N) is 2. The van der Waals surface area contributed by atoms with Gasteiger partial charge in [-0.3, -0.25) is 0 Å². The summed E-state index contributed by atoms with van der Waals surface area (Å²) in [5.41, 5.74) is 9.94. The summed E-state index contributed by atoms with van der Waals surface area (Å²) in [6.45, 7) is 4.22. The third kappa shape index (κ3) is 2.27. The number of anilines is 1. The van der Waals surface area contributed by atoms with Crippen molar-refractivity contribution in [1.82, 2.24) is 4.90 Å². The highest BCUT2D eigenvalue weighted by Gasteiger charge is 2.36. The van der Waals surface area contributed by atoms with Gasteiger partial charge >= 0.3 is 0 Å². The van der Waals surface area contributed by atoms with Gasteiger partial charge in [0.1, 0.15) is 12.3 Å². The second kappa shape index (κ2) is 5.52. The van der Waals surface area contributed by atoms with Crippen LogP contribution in [0, 0.1) is 0 Å². The first-order valence-electron chi connectivity index (χ1n) is 8.27. The van der Waals surface area contributed by atoms with Gasteiger partial charge in [-0.25, -0.2) is 0 Å². The Morgan fingerprint density at radius 1 is 1.27 bits per heavy atom. The first-order chi connectivity index (χ1) is 10.8. The quantitative estimate of drug-likeness (QED) is 0.861. The molecule has 3 aliphatic rings. The molecule has 4 nitrogen and oxygen atoms in total. The zero-order valence-corrected chi connectivity index (χ0v) is 12.8. The van der Waals surface area contributed by atoms with Gasteiger partial charge in [0.2, 0.25) is 0 Å². The van der Waals surface area contributed by atoms with Crippen LogP contribution in [-0.4, -0.2) is 49.4 Å². The Morgan fingerprint density at radius 3 is 2.86 bits per heavy atom. The average Bonchev–Trinajstić information content (AvgIpc) is 2.91. The minimum Gasteiger partial charge on any atom is -0.357 e. The summed E-state index contributed by atoms with van der Waals surface area (Å²) in [7, 11) is 0. The van der Waals surface area contributed by atoms with E-state index in [-0.39, 0.29) is 6.04 Å². The van der Waals surface area contributed by atoms with Gasteiger partial charge in [-0.05, 0) is 37.1 Å². The second-order valence-corrected chi connectivity index (χ2v) is 6.76. The first-order valence-corrected chi connectivity index (χ1v) is 8.27. The van der Waals surface area contributed by atoms with E-state index in [1.54, 1.807) is 0 Å². The van der Waals surface area contributed by atoms with Crippen molar-refractivity contribution in [2.24, 2.45) is 5.73 Å². The molecule has 1 aromatic carbocycles. The molecule has 1 fully saturated rings. The maximum absolute atomic E-state index is 11.4. The Hall–Kier alpha value is -1.65. The van der Waals surface area contributed by atoms with E-state index in [2.05, 4.69) is 34.1 Å². The van der Waals surface area contributed by atoms with Crippen LogP contribution in [0.15, 0.2) is 24.3 Å². The van der Waals surface area contributed by atoms with E-state index >= 15 is 0 Å². The van der Waals surface area contributed by atoms with Crippen LogP contribution in [0.4, 0.5) is 5.69 Å². The molecule has 0 saturated carbocycles. The minimum atomic E-state index is -0.103. The molecule has 0 spiro atoms. The van der Waals surface area contributed by atoms with Gasteiger partial charge in [0.15, 0.2) is 0 Å². The molecule has 1 aromatic rings. The summed E-state index contributed by atoms with van der Waals surface area (Å²) in [5, 5.41) is 0. The Labute approximate surface area is 131 Å². The molecule has 3 aliphatic heterocycles. The largest absolute Gasteiger partial charge is 0.357 e. The molecule has 0 aliphatic carbocycles. The lowest BCUT2D eigenvalue weighted by molar-refractivity contribution is -0.108. The van der Waals surface area contributed by atoms with Gasteiger partial charge in [0, 0.05) is 30.7 Å². The number of likely N-dealkylation sites (tertiary alicyclic amines) is 1. The van der Waals surface area contributed by atoms with E-state index in [1.807, 2.05) is 6.08 Å². The van der Waals surface area contributed by atoms with E-state index in [0.717, 1.165) is 45.3 Å². The number of hydrogen-bond donors (Lipinski definition) is 1. The lowest BCUT2D eigenvalue weighted by Gasteiger charge is -2.32. The van der Waals surface area contributed by atoms with E-state index in [4.69, 9.17) is 5.73 Å². The van der Waals surface area contributed by atoms with Gasteiger partial charge in [-0.2, -0.15) is 0 Å². The van der Waals surface area contributed by atoms with Crippen LogP contribution in [0.2, 0.25) is 0 Å². The van der Waals surface area contributed by atoms with Crippen LogP contribution >= 0.6 is 0 Å². The lowest BCUT2D eigenvalue weighted by Crippen LogP contribution is -2.42. The number of para-hydroxylation sites is 1. The van der Waals surface area contributed by atoms with Crippen LogP contribution < -0.4 is 10.6 Å². The van der Waals surface area contributed by atoms with Gasteiger partial charge < -0.3 is 20.3 Å². The highest BCUT2D eigenvalue weighted by Crippen LogP contribution is 2.43. The molecule has 3 heterocycles. The van der Waals surface area contributed by atoms with Gasteiger partial charge in [-0.15, -0.1) is 0 Å². The molecule has 2 unspecified atom stereocenters. The molecule has 2 N–H and O–H groups in total. The van der Waals surface area contributed by atoms with Crippen molar-refractivity contribution in [3.63, 3.8) is 0 Å². The summed E-state index contributed by atoms with van der Waals surface area (Å²) < 4.78 is 0. The summed E-state index contributed by atoms with van der Waals surface area (Å²) in [4.78, 5) is 16.2. The number of aldehydes is 1. The van der Waals surface area contributed by atoms with Crippen molar-refractivity contribution in [2.75, 3.05) is 31.1 Å². The summed E-state index contributed by atoms with van der Waals surface area (Å²) >= 11 is 0. The third-order valence-electron chi connectivity index (χ3n) is 5.33. The number of carbonyl (C=O) groups is 1. The Balaban J connectivity index is 1.58. The molecule has 0 bridgehead atoms. The van der Waals surface area contributed by atoms with Crippen molar-refractivity contribution in [1.29, 1.82) is 0 Å². The van der Waals surface area contributed by atoms with Crippen LogP contribution in [-0.2, 0) is 4.79 Å². The molecule has 4 heteroatoms. The number of benzene rings is 1. The molecule has 4 rings (SSSR count). The fourth-order valence-electron chi connectivity index (χ4n) is 4.10. The second-order valence-electron chi connectivity index (χ2n) is 6.76. The summed E-state index contributed by atoms with van der Waals surface area (Å²) in [5.74, 6) is 0.492. The molecular formula is C18H23N3O. The molecule has 22 heavy (non-hydrogen) atoms. The maximum atomic E-state index is 11.4. The molecule has 1 saturated heterocycles. The zero-order chi connectivity index (χ0) is 15.1. The van der Waals surface area contributed by atoms with Crippen molar-refractivity contribution in [3.8, 4) is 0 Å². The average molecular weight is 297 g/mol. The molecule has 116 valence electrons. The third-order valence-corrected chi connectivity index (χ3v) is 5.33. The highest BCUT2D eigenvalue weighted by atomic mass is 16.1. The number of rotatable bonds is 3. The van der Waals surface area contributed by atoms with Crippen molar-refractivity contribution in [3.05, 3.63) is 35.4 Å². The lowest BCUT2D eigenvalue weighted by atomic mass is 9.96. The van der Waals surface area contributed by atoms with E-state index in [0.29, 0.717) is 12.0 Å². The van der Waals surface area contributed by atoms with Crippen LogP contribution in [0.5, 0.6) is 0 Å². The monoisotopic (exact) mass is 297 g/mol. The SMILES string of the molecule is NC1CCN(CC2CN3c4c(cccc42)C=CC3C=O)CC1. The predicted molar refractivity (Wildman–Crippen MR) is 89.1 cm³/mol. The normalized spacial score (nSPS) is 28.0. The first kappa shape index (κ1) is 14.0. The topological polar surface area (TPSA) is 49.6 Å². The molecule has 0 aromatic heterocycles. The highest BCUT2D eigenvalue weighted by molar-refractivity contribution is 5.84. The van der Waals surface area contributed by atoms with Crippen LogP contribution in [0.3, 0.4) is 0 Å². The fourth-order valence-corrected chi connectivity index (χ4v) is 4.10. The minimum absolute atomic E-state index is 0.103.